The van der Waals surface area contributed by atoms with Gasteiger partial charge in [0.15, 0.2) is 5.58 Å². The third kappa shape index (κ3) is 3.50. The Morgan fingerprint density at radius 1 is 1.15 bits per heavy atom. The minimum atomic E-state index is -0.467. The van der Waals surface area contributed by atoms with E-state index < -0.39 is 5.82 Å². The molecule has 2 aromatic heterocycles. The number of nitrogens with one attached hydrogen (secondary N) is 1. The number of fused-ring (bicyclic) bond motifs is 3. The lowest BCUT2D eigenvalue weighted by molar-refractivity contribution is -0.113. The molecule has 0 aliphatic carbocycles. The highest BCUT2D eigenvalue weighted by Gasteiger charge is 2.17. The Labute approximate surface area is 159 Å². The second-order valence-electron chi connectivity index (χ2n) is 5.89. The zero-order valence-corrected chi connectivity index (χ0v) is 15.3. The monoisotopic (exact) mass is 381 g/mol. The summed E-state index contributed by atoms with van der Waals surface area (Å²) >= 11 is 1.25. The van der Waals surface area contributed by atoms with Gasteiger partial charge in [0.2, 0.25) is 5.91 Å². The first kappa shape index (κ1) is 17.5. The molecule has 0 fully saturated rings. The second-order valence-corrected chi connectivity index (χ2v) is 6.86. The van der Waals surface area contributed by atoms with Crippen LogP contribution in [0.1, 0.15) is 12.7 Å². The first-order valence-corrected chi connectivity index (χ1v) is 9.49. The zero-order chi connectivity index (χ0) is 18.8. The van der Waals surface area contributed by atoms with E-state index in [0.29, 0.717) is 22.9 Å². The van der Waals surface area contributed by atoms with Gasteiger partial charge in [-0.3, -0.25) is 4.79 Å². The molecule has 4 rings (SSSR count). The molecule has 0 atom stereocenters. The predicted octanol–water partition coefficient (Wildman–Crippen LogP) is 4.81. The van der Waals surface area contributed by atoms with Gasteiger partial charge in [-0.25, -0.2) is 14.4 Å². The van der Waals surface area contributed by atoms with Crippen LogP contribution in [0.15, 0.2) is 58.0 Å². The lowest BCUT2D eigenvalue weighted by Gasteiger charge is -2.06. The molecule has 2 heterocycles. The summed E-state index contributed by atoms with van der Waals surface area (Å²) in [5.74, 6) is -0.0105. The molecule has 0 saturated carbocycles. The van der Waals surface area contributed by atoms with Crippen molar-refractivity contribution < 1.29 is 13.6 Å². The summed E-state index contributed by atoms with van der Waals surface area (Å²) in [7, 11) is 0. The van der Waals surface area contributed by atoms with Crippen LogP contribution in [0, 0.1) is 5.82 Å². The standard InChI is InChI=1S/C20H16FN3O2S/c1-2-16-23-18-12-7-3-6-10-15(12)26-19(18)20(24-16)27-11-17(25)22-14-9-5-4-8-13(14)21/h3-10H,2,11H2,1H3,(H,22,25). The Bertz CT molecular complexity index is 1140. The summed E-state index contributed by atoms with van der Waals surface area (Å²) in [6, 6.07) is 13.7. The minimum absolute atomic E-state index is 0.0840. The summed E-state index contributed by atoms with van der Waals surface area (Å²) in [6.45, 7) is 1.97. The molecule has 136 valence electrons. The fraction of sp³-hybridized carbons (Fsp3) is 0.150. The van der Waals surface area contributed by atoms with E-state index in [9.17, 15) is 9.18 Å². The fourth-order valence-corrected chi connectivity index (χ4v) is 3.53. The number of furan rings is 1. The lowest BCUT2D eigenvalue weighted by atomic mass is 10.2. The van der Waals surface area contributed by atoms with Crippen molar-refractivity contribution >= 4 is 45.4 Å². The van der Waals surface area contributed by atoms with Crippen molar-refractivity contribution in [3.63, 3.8) is 0 Å². The number of aryl methyl sites for hydroxylation is 1. The number of hydrogen-bond acceptors (Lipinski definition) is 5. The summed E-state index contributed by atoms with van der Waals surface area (Å²) in [5, 5.41) is 4.10. The Kier molecular flexibility index (Phi) is 4.77. The maximum atomic E-state index is 13.7. The molecule has 0 saturated heterocycles. The van der Waals surface area contributed by atoms with E-state index in [4.69, 9.17) is 4.42 Å². The van der Waals surface area contributed by atoms with Crippen LogP contribution in [0.5, 0.6) is 0 Å². The molecular weight excluding hydrogens is 365 g/mol. The first-order chi connectivity index (χ1) is 13.2. The summed E-state index contributed by atoms with van der Waals surface area (Å²) in [6.07, 6.45) is 0.671. The van der Waals surface area contributed by atoms with Gasteiger partial charge < -0.3 is 9.73 Å². The largest absolute Gasteiger partial charge is 0.451 e. The van der Waals surface area contributed by atoms with Crippen molar-refractivity contribution in [3.05, 3.63) is 60.2 Å². The molecule has 0 bridgehead atoms. The van der Waals surface area contributed by atoms with Crippen molar-refractivity contribution in [2.45, 2.75) is 18.4 Å². The number of carbonyl (C=O) groups excluding carboxylic acids is 1. The van der Waals surface area contributed by atoms with Crippen LogP contribution >= 0.6 is 11.8 Å². The molecule has 5 nitrogen and oxygen atoms in total. The molecule has 0 aliphatic rings. The van der Waals surface area contributed by atoms with Crippen LogP contribution in [0.2, 0.25) is 0 Å². The van der Waals surface area contributed by atoms with Crippen molar-refractivity contribution in [3.8, 4) is 0 Å². The van der Waals surface area contributed by atoms with Crippen LogP contribution in [-0.2, 0) is 11.2 Å². The molecule has 7 heteroatoms. The van der Waals surface area contributed by atoms with Crippen LogP contribution in [0.3, 0.4) is 0 Å². The number of nitrogens with zero attached hydrogens (tertiary/aromatic N) is 2. The molecule has 2 aromatic carbocycles. The van der Waals surface area contributed by atoms with Gasteiger partial charge in [0.25, 0.3) is 0 Å². The Morgan fingerprint density at radius 2 is 1.93 bits per heavy atom. The molecule has 0 unspecified atom stereocenters. The van der Waals surface area contributed by atoms with E-state index in [-0.39, 0.29) is 17.3 Å². The number of hydrogen-bond donors (Lipinski definition) is 1. The van der Waals surface area contributed by atoms with Crippen LogP contribution in [0.4, 0.5) is 10.1 Å². The number of carbonyl (C=O) groups is 1. The van der Waals surface area contributed by atoms with E-state index in [2.05, 4.69) is 15.3 Å². The zero-order valence-electron chi connectivity index (χ0n) is 14.5. The van der Waals surface area contributed by atoms with E-state index >= 15 is 0 Å². The summed E-state index contributed by atoms with van der Waals surface area (Å²) < 4.78 is 19.6. The molecule has 27 heavy (non-hydrogen) atoms. The quantitative estimate of drug-likeness (QED) is 0.397. The normalized spacial score (nSPS) is 11.2. The molecule has 1 N–H and O–H groups in total. The molecule has 0 aliphatic heterocycles. The minimum Gasteiger partial charge on any atom is -0.451 e. The maximum absolute atomic E-state index is 13.7. The van der Waals surface area contributed by atoms with Gasteiger partial charge in [-0.15, -0.1) is 0 Å². The van der Waals surface area contributed by atoms with E-state index in [1.807, 2.05) is 31.2 Å². The van der Waals surface area contributed by atoms with Gasteiger partial charge in [0, 0.05) is 11.8 Å². The Morgan fingerprint density at radius 3 is 2.74 bits per heavy atom. The molecule has 0 radical (unpaired) electrons. The number of amides is 1. The third-order valence-electron chi connectivity index (χ3n) is 4.04. The molecule has 1 amide bonds. The number of para-hydroxylation sites is 2. The number of aromatic nitrogens is 2. The van der Waals surface area contributed by atoms with Gasteiger partial charge in [0.1, 0.15) is 27.8 Å². The highest BCUT2D eigenvalue weighted by atomic mass is 32.2. The summed E-state index contributed by atoms with van der Waals surface area (Å²) in [5.41, 5.74) is 2.20. The van der Waals surface area contributed by atoms with E-state index in [1.165, 1.54) is 23.9 Å². The maximum Gasteiger partial charge on any atom is 0.234 e. The van der Waals surface area contributed by atoms with Crippen molar-refractivity contribution in [2.24, 2.45) is 0 Å². The third-order valence-corrected chi connectivity index (χ3v) is 5.00. The van der Waals surface area contributed by atoms with Gasteiger partial charge in [-0.1, -0.05) is 43.0 Å². The van der Waals surface area contributed by atoms with Crippen molar-refractivity contribution in [1.29, 1.82) is 0 Å². The van der Waals surface area contributed by atoms with Gasteiger partial charge in [0.05, 0.1) is 11.4 Å². The van der Waals surface area contributed by atoms with Crippen molar-refractivity contribution in [1.82, 2.24) is 9.97 Å². The Hall–Kier alpha value is -2.93. The second kappa shape index (κ2) is 7.36. The average molecular weight is 381 g/mol. The summed E-state index contributed by atoms with van der Waals surface area (Å²) in [4.78, 5) is 21.3. The lowest BCUT2D eigenvalue weighted by Crippen LogP contribution is -2.15. The topological polar surface area (TPSA) is 68.0 Å². The van der Waals surface area contributed by atoms with E-state index in [1.54, 1.807) is 12.1 Å². The van der Waals surface area contributed by atoms with Crippen LogP contribution in [0.25, 0.3) is 22.1 Å². The number of halogens is 1. The first-order valence-electron chi connectivity index (χ1n) is 8.51. The van der Waals surface area contributed by atoms with Gasteiger partial charge in [-0.05, 0) is 24.3 Å². The van der Waals surface area contributed by atoms with Crippen LogP contribution in [-0.4, -0.2) is 21.6 Å². The van der Waals surface area contributed by atoms with Gasteiger partial charge >= 0.3 is 0 Å². The number of benzene rings is 2. The van der Waals surface area contributed by atoms with Crippen LogP contribution < -0.4 is 5.32 Å². The van der Waals surface area contributed by atoms with Crippen molar-refractivity contribution in [2.75, 3.05) is 11.1 Å². The Balaban J connectivity index is 1.61. The average Bonchev–Trinajstić information content (AvgIpc) is 3.06. The van der Waals surface area contributed by atoms with E-state index in [0.717, 1.165) is 16.5 Å². The predicted molar refractivity (Wildman–Crippen MR) is 104 cm³/mol. The number of rotatable bonds is 5. The van der Waals surface area contributed by atoms with Gasteiger partial charge in [-0.2, -0.15) is 0 Å². The number of anilines is 1. The SMILES string of the molecule is CCc1nc(SCC(=O)Nc2ccccc2F)c2oc3ccccc3c2n1. The smallest absolute Gasteiger partial charge is 0.234 e. The number of thioether (sulfide) groups is 1. The molecule has 0 spiro atoms. The highest BCUT2D eigenvalue weighted by Crippen LogP contribution is 2.33. The molecular formula is C20H16FN3O2S. The molecule has 4 aromatic rings. The fourth-order valence-electron chi connectivity index (χ4n) is 2.75. The highest BCUT2D eigenvalue weighted by molar-refractivity contribution is 8.00.